The van der Waals surface area contributed by atoms with Crippen LogP contribution in [-0.2, 0) is 19.9 Å². The molecule has 3 rings (SSSR count). The highest BCUT2D eigenvalue weighted by molar-refractivity contribution is 7.17. The summed E-state index contributed by atoms with van der Waals surface area (Å²) in [5.74, 6) is 0.0833. The molecule has 0 aliphatic carbocycles. The molecule has 21 heavy (non-hydrogen) atoms. The van der Waals surface area contributed by atoms with Crippen LogP contribution in [0, 0.1) is 0 Å². The molecule has 0 aliphatic heterocycles. The molecule has 5 heteroatoms. The first-order valence-corrected chi connectivity index (χ1v) is 8.07. The summed E-state index contributed by atoms with van der Waals surface area (Å²) >= 11 is 7.92. The molecule has 0 amide bonds. The predicted octanol–water partition coefficient (Wildman–Crippen LogP) is 4.28. The molecule has 0 fully saturated rings. The molecule has 0 radical (unpaired) electrons. The Morgan fingerprint density at radius 1 is 1.38 bits per heavy atom. The fourth-order valence-electron chi connectivity index (χ4n) is 2.45. The highest BCUT2D eigenvalue weighted by Gasteiger charge is 2.19. The van der Waals surface area contributed by atoms with E-state index in [2.05, 4.69) is 5.10 Å². The third-order valence-corrected chi connectivity index (χ3v) is 5.01. The Kier molecular flexibility index (Phi) is 3.83. The molecular weight excluding hydrogens is 304 g/mol. The van der Waals surface area contributed by atoms with Crippen LogP contribution in [0.25, 0.3) is 10.1 Å². The predicted molar refractivity (Wildman–Crippen MR) is 87.5 cm³/mol. The van der Waals surface area contributed by atoms with Crippen LogP contribution >= 0.6 is 22.9 Å². The lowest BCUT2D eigenvalue weighted by Gasteiger charge is -2.02. The summed E-state index contributed by atoms with van der Waals surface area (Å²) in [4.78, 5) is 12.6. The zero-order valence-electron chi connectivity index (χ0n) is 11.9. The van der Waals surface area contributed by atoms with Crippen LogP contribution in [0.2, 0.25) is 5.02 Å². The second kappa shape index (κ2) is 5.62. The molecular formula is C16H15ClN2OS. The lowest BCUT2D eigenvalue weighted by atomic mass is 10.1. The zero-order chi connectivity index (χ0) is 15.0. The van der Waals surface area contributed by atoms with Crippen molar-refractivity contribution in [1.29, 1.82) is 0 Å². The van der Waals surface area contributed by atoms with E-state index in [4.69, 9.17) is 11.6 Å². The van der Waals surface area contributed by atoms with E-state index in [-0.39, 0.29) is 12.2 Å². The van der Waals surface area contributed by atoms with Crippen molar-refractivity contribution < 1.29 is 4.79 Å². The standard InChI is InChI=1S/C16H15ClN2OS/c1-3-12-16(17)13(19(2)18-12)8-14(20)11-9-21-15-7-5-4-6-10(11)15/h4-7,9H,3,8H2,1-2H3. The number of nitrogens with zero attached hydrogens (tertiary/aromatic N) is 2. The summed E-state index contributed by atoms with van der Waals surface area (Å²) in [6, 6.07) is 7.96. The van der Waals surface area contributed by atoms with E-state index in [1.165, 1.54) is 0 Å². The number of fused-ring (bicyclic) bond motifs is 1. The molecule has 3 nitrogen and oxygen atoms in total. The Bertz CT molecular complexity index is 819. The Morgan fingerprint density at radius 3 is 2.86 bits per heavy atom. The highest BCUT2D eigenvalue weighted by atomic mass is 35.5. The summed E-state index contributed by atoms with van der Waals surface area (Å²) < 4.78 is 2.85. The van der Waals surface area contributed by atoms with Gasteiger partial charge >= 0.3 is 0 Å². The number of hydrogen-bond acceptors (Lipinski definition) is 3. The van der Waals surface area contributed by atoms with E-state index >= 15 is 0 Å². The monoisotopic (exact) mass is 318 g/mol. The molecule has 108 valence electrons. The number of ketones is 1. The molecule has 0 N–H and O–H groups in total. The lowest BCUT2D eigenvalue weighted by Crippen LogP contribution is -2.07. The molecule has 2 heterocycles. The zero-order valence-corrected chi connectivity index (χ0v) is 13.5. The Balaban J connectivity index is 1.95. The first kappa shape index (κ1) is 14.3. The average molecular weight is 319 g/mol. The van der Waals surface area contributed by atoms with E-state index in [0.29, 0.717) is 5.02 Å². The van der Waals surface area contributed by atoms with Crippen molar-refractivity contribution in [3.05, 3.63) is 51.6 Å². The summed E-state index contributed by atoms with van der Waals surface area (Å²) in [5.41, 5.74) is 2.40. The number of hydrogen-bond donors (Lipinski definition) is 0. The molecule has 0 aliphatic rings. The Morgan fingerprint density at radius 2 is 2.14 bits per heavy atom. The van der Waals surface area contributed by atoms with E-state index < -0.39 is 0 Å². The quantitative estimate of drug-likeness (QED) is 0.673. The fraction of sp³-hybridized carbons (Fsp3) is 0.250. The van der Waals surface area contributed by atoms with Gasteiger partial charge in [-0.1, -0.05) is 36.7 Å². The van der Waals surface area contributed by atoms with Crippen LogP contribution in [0.15, 0.2) is 29.6 Å². The van der Waals surface area contributed by atoms with Gasteiger partial charge < -0.3 is 0 Å². The first-order chi connectivity index (χ1) is 10.1. The average Bonchev–Trinajstić information content (AvgIpc) is 3.03. The molecule has 0 spiro atoms. The van der Waals surface area contributed by atoms with Gasteiger partial charge in [0.1, 0.15) is 0 Å². The second-order valence-electron chi connectivity index (χ2n) is 4.93. The van der Waals surface area contributed by atoms with Crippen molar-refractivity contribution in [3.8, 4) is 0 Å². The minimum absolute atomic E-state index is 0.0833. The second-order valence-corrected chi connectivity index (χ2v) is 6.22. The molecule has 0 bridgehead atoms. The number of rotatable bonds is 4. The number of halogens is 1. The largest absolute Gasteiger partial charge is 0.294 e. The number of thiophene rings is 1. The van der Waals surface area contributed by atoms with Gasteiger partial charge in [0, 0.05) is 28.1 Å². The molecule has 0 atom stereocenters. The number of Topliss-reactive ketones (excluding diaryl/α,β-unsaturated/α-hetero) is 1. The third kappa shape index (κ3) is 2.49. The van der Waals surface area contributed by atoms with Crippen LogP contribution in [0.5, 0.6) is 0 Å². The van der Waals surface area contributed by atoms with Crippen LogP contribution in [-0.4, -0.2) is 15.6 Å². The van der Waals surface area contributed by atoms with Crippen LogP contribution in [0.1, 0.15) is 28.7 Å². The van der Waals surface area contributed by atoms with E-state index in [1.54, 1.807) is 16.0 Å². The highest BCUT2D eigenvalue weighted by Crippen LogP contribution is 2.28. The molecule has 2 aromatic heterocycles. The number of aryl methyl sites for hydroxylation is 2. The van der Waals surface area contributed by atoms with Crippen LogP contribution in [0.3, 0.4) is 0 Å². The van der Waals surface area contributed by atoms with Gasteiger partial charge in [0.15, 0.2) is 5.78 Å². The third-order valence-electron chi connectivity index (χ3n) is 3.61. The van der Waals surface area contributed by atoms with Gasteiger partial charge in [-0.3, -0.25) is 9.48 Å². The normalized spacial score (nSPS) is 11.2. The van der Waals surface area contributed by atoms with Gasteiger partial charge in [-0.25, -0.2) is 0 Å². The van der Waals surface area contributed by atoms with E-state index in [9.17, 15) is 4.79 Å². The van der Waals surface area contributed by atoms with Crippen molar-refractivity contribution in [1.82, 2.24) is 9.78 Å². The van der Waals surface area contributed by atoms with Gasteiger partial charge in [-0.15, -0.1) is 11.3 Å². The minimum Gasteiger partial charge on any atom is -0.294 e. The van der Waals surface area contributed by atoms with Crippen LogP contribution < -0.4 is 0 Å². The van der Waals surface area contributed by atoms with Gasteiger partial charge in [0.2, 0.25) is 0 Å². The van der Waals surface area contributed by atoms with Crippen molar-refractivity contribution in [3.63, 3.8) is 0 Å². The molecule has 0 saturated heterocycles. The Hall–Kier alpha value is -1.65. The van der Waals surface area contributed by atoms with Gasteiger partial charge in [0.05, 0.1) is 22.8 Å². The van der Waals surface area contributed by atoms with Gasteiger partial charge in [-0.2, -0.15) is 5.10 Å². The maximum atomic E-state index is 12.6. The summed E-state index contributed by atoms with van der Waals surface area (Å²) in [6.07, 6.45) is 1.05. The summed E-state index contributed by atoms with van der Waals surface area (Å²) in [5, 5.41) is 7.92. The Labute approximate surface area is 132 Å². The molecule has 0 unspecified atom stereocenters. The molecule has 1 aromatic carbocycles. The smallest absolute Gasteiger partial charge is 0.170 e. The van der Waals surface area contributed by atoms with Crippen molar-refractivity contribution in [2.75, 3.05) is 0 Å². The number of aromatic nitrogens is 2. The van der Waals surface area contributed by atoms with Crippen molar-refractivity contribution >= 4 is 38.8 Å². The lowest BCUT2D eigenvalue weighted by molar-refractivity contribution is 0.0992. The van der Waals surface area contributed by atoms with Crippen LogP contribution in [0.4, 0.5) is 0 Å². The summed E-state index contributed by atoms with van der Waals surface area (Å²) in [7, 11) is 1.83. The first-order valence-electron chi connectivity index (χ1n) is 6.81. The minimum atomic E-state index is 0.0833. The van der Waals surface area contributed by atoms with Crippen molar-refractivity contribution in [2.45, 2.75) is 19.8 Å². The maximum absolute atomic E-state index is 12.6. The number of carbonyl (C=O) groups is 1. The number of benzene rings is 1. The van der Waals surface area contributed by atoms with E-state index in [0.717, 1.165) is 33.5 Å². The fourth-order valence-corrected chi connectivity index (χ4v) is 3.78. The van der Waals surface area contributed by atoms with Gasteiger partial charge in [-0.05, 0) is 12.5 Å². The molecule has 0 saturated carbocycles. The maximum Gasteiger partial charge on any atom is 0.170 e. The van der Waals surface area contributed by atoms with Gasteiger partial charge in [0.25, 0.3) is 0 Å². The topological polar surface area (TPSA) is 34.9 Å². The summed E-state index contributed by atoms with van der Waals surface area (Å²) in [6.45, 7) is 2.01. The van der Waals surface area contributed by atoms with E-state index in [1.807, 2.05) is 43.6 Å². The van der Waals surface area contributed by atoms with Crippen molar-refractivity contribution in [2.24, 2.45) is 7.05 Å². The SMILES string of the molecule is CCc1nn(C)c(CC(=O)c2csc3ccccc23)c1Cl. The number of carbonyl (C=O) groups excluding carboxylic acids is 1. The molecule has 3 aromatic rings.